The van der Waals surface area contributed by atoms with Crippen LogP contribution in [0.15, 0.2) is 17.3 Å². The molecule has 0 aliphatic carbocycles. The molecule has 0 saturated carbocycles. The molecule has 1 aromatic heterocycles. The number of aromatic amines is 1. The zero-order valence-corrected chi connectivity index (χ0v) is 11.3. The number of hydrogen-bond acceptors (Lipinski definition) is 4. The molecule has 19 heavy (non-hydrogen) atoms. The summed E-state index contributed by atoms with van der Waals surface area (Å²) in [5.74, 6) is 0.687. The summed E-state index contributed by atoms with van der Waals surface area (Å²) in [6.07, 6.45) is 8.48. The number of aromatic nitrogens is 1. The summed E-state index contributed by atoms with van der Waals surface area (Å²) in [7, 11) is 0. The van der Waals surface area contributed by atoms with E-state index < -0.39 is 0 Å². The maximum Gasteiger partial charge on any atom is 0.106 e. The zero-order valence-electron chi connectivity index (χ0n) is 11.3. The van der Waals surface area contributed by atoms with Crippen molar-refractivity contribution < 1.29 is 0 Å². The van der Waals surface area contributed by atoms with Crippen LogP contribution in [0.4, 0.5) is 0 Å². The highest BCUT2D eigenvalue weighted by Crippen LogP contribution is 2.25. The molecule has 0 amide bonds. The van der Waals surface area contributed by atoms with Crippen molar-refractivity contribution in [2.45, 2.75) is 38.0 Å². The van der Waals surface area contributed by atoms with Crippen molar-refractivity contribution in [3.63, 3.8) is 0 Å². The molecule has 5 N–H and O–H groups in total. The van der Waals surface area contributed by atoms with Crippen molar-refractivity contribution in [3.8, 4) is 0 Å². The third-order valence-electron chi connectivity index (χ3n) is 4.32. The normalized spacial score (nSPS) is 24.9. The number of likely N-dealkylation sites (tertiary alicyclic amines) is 1. The van der Waals surface area contributed by atoms with E-state index in [4.69, 9.17) is 11.5 Å². The van der Waals surface area contributed by atoms with Crippen LogP contribution in [0.5, 0.6) is 0 Å². The fraction of sp³-hybridized carbons (Fsp3) is 0.643. The molecule has 1 saturated heterocycles. The molecule has 0 radical (unpaired) electrons. The van der Waals surface area contributed by atoms with Gasteiger partial charge in [0, 0.05) is 31.9 Å². The molecule has 3 rings (SSSR count). The van der Waals surface area contributed by atoms with Crippen molar-refractivity contribution in [1.82, 2.24) is 9.88 Å². The number of nitrogens with zero attached hydrogens (tertiary/aromatic N) is 2. The highest BCUT2D eigenvalue weighted by molar-refractivity contribution is 5.80. The molecule has 1 fully saturated rings. The van der Waals surface area contributed by atoms with Crippen molar-refractivity contribution in [2.24, 2.45) is 22.4 Å². The van der Waals surface area contributed by atoms with Crippen LogP contribution in [-0.2, 0) is 6.42 Å². The van der Waals surface area contributed by atoms with E-state index in [-0.39, 0.29) is 6.17 Å². The summed E-state index contributed by atoms with van der Waals surface area (Å²) >= 11 is 0. The minimum Gasteiger partial charge on any atom is -0.360 e. The molecule has 1 atom stereocenters. The van der Waals surface area contributed by atoms with E-state index in [0.717, 1.165) is 25.9 Å². The average Bonchev–Trinajstić information content (AvgIpc) is 2.86. The summed E-state index contributed by atoms with van der Waals surface area (Å²) in [6.45, 7) is 2.22. The molecule has 1 aromatic rings. The van der Waals surface area contributed by atoms with Crippen molar-refractivity contribution >= 4 is 6.21 Å². The molecule has 0 aromatic carbocycles. The van der Waals surface area contributed by atoms with Gasteiger partial charge in [0.05, 0.1) is 11.9 Å². The first-order chi connectivity index (χ1) is 9.22. The summed E-state index contributed by atoms with van der Waals surface area (Å²) in [6, 6.07) is 2.16. The Morgan fingerprint density at radius 2 is 2.16 bits per heavy atom. The third kappa shape index (κ3) is 2.88. The van der Waals surface area contributed by atoms with Gasteiger partial charge in [-0.2, -0.15) is 0 Å². The van der Waals surface area contributed by atoms with Crippen molar-refractivity contribution in [1.29, 1.82) is 0 Å². The van der Waals surface area contributed by atoms with E-state index in [1.165, 1.54) is 24.1 Å². The van der Waals surface area contributed by atoms with Gasteiger partial charge in [0.15, 0.2) is 0 Å². The second-order valence-corrected chi connectivity index (χ2v) is 5.76. The van der Waals surface area contributed by atoms with Crippen LogP contribution in [0.3, 0.4) is 0 Å². The molecular formula is C14H23N5. The second kappa shape index (κ2) is 5.45. The summed E-state index contributed by atoms with van der Waals surface area (Å²) in [5.41, 5.74) is 13.9. The zero-order chi connectivity index (χ0) is 13.2. The van der Waals surface area contributed by atoms with Gasteiger partial charge in [0.2, 0.25) is 0 Å². The number of nitrogens with one attached hydrogen (secondary N) is 1. The maximum atomic E-state index is 5.68. The number of aliphatic imine (C=N–C) groups is 1. The van der Waals surface area contributed by atoms with Crippen LogP contribution in [0, 0.1) is 5.92 Å². The first-order valence-corrected chi connectivity index (χ1v) is 7.17. The van der Waals surface area contributed by atoms with E-state index >= 15 is 0 Å². The highest BCUT2D eigenvalue weighted by Gasteiger charge is 2.27. The minimum absolute atomic E-state index is 0.160. The standard InChI is InChI=1S/C14H23N5/c15-13(16)7-10-2-5-19(6-3-10)14-8-11-1-4-17-12(11)9-18-14/h1,4,9-10,13-14,17H,2-3,5-8,15-16H2. The second-order valence-electron chi connectivity index (χ2n) is 5.76. The lowest BCUT2D eigenvalue weighted by Crippen LogP contribution is -2.44. The minimum atomic E-state index is -0.160. The Bertz CT molecular complexity index is 442. The van der Waals surface area contributed by atoms with Crippen LogP contribution >= 0.6 is 0 Å². The molecule has 5 heteroatoms. The Morgan fingerprint density at radius 1 is 1.37 bits per heavy atom. The SMILES string of the molecule is NC(N)CC1CCN(C2Cc3cc[nH]c3C=N2)CC1. The summed E-state index contributed by atoms with van der Waals surface area (Å²) in [4.78, 5) is 10.4. The average molecular weight is 261 g/mol. The van der Waals surface area contributed by atoms with Gasteiger partial charge in [0.1, 0.15) is 6.17 Å². The van der Waals surface area contributed by atoms with Gasteiger partial charge in [-0.15, -0.1) is 0 Å². The molecular weight excluding hydrogens is 238 g/mol. The monoisotopic (exact) mass is 261 g/mol. The number of fused-ring (bicyclic) bond motifs is 1. The van der Waals surface area contributed by atoms with Crippen molar-refractivity contribution in [3.05, 3.63) is 23.5 Å². The smallest absolute Gasteiger partial charge is 0.106 e. The van der Waals surface area contributed by atoms with Gasteiger partial charge in [-0.1, -0.05) is 0 Å². The van der Waals surface area contributed by atoms with Gasteiger partial charge in [-0.25, -0.2) is 0 Å². The molecule has 2 aliphatic rings. The predicted octanol–water partition coefficient (Wildman–Crippen LogP) is 0.661. The van der Waals surface area contributed by atoms with Gasteiger partial charge in [0.25, 0.3) is 0 Å². The molecule has 0 spiro atoms. The third-order valence-corrected chi connectivity index (χ3v) is 4.32. The first-order valence-electron chi connectivity index (χ1n) is 7.17. The van der Waals surface area contributed by atoms with Gasteiger partial charge >= 0.3 is 0 Å². The molecule has 2 aliphatic heterocycles. The number of H-pyrrole nitrogens is 1. The maximum absolute atomic E-state index is 5.68. The molecule has 0 bridgehead atoms. The summed E-state index contributed by atoms with van der Waals surface area (Å²) in [5, 5.41) is 0. The van der Waals surface area contributed by atoms with E-state index in [1.54, 1.807) is 0 Å². The molecule has 1 unspecified atom stereocenters. The van der Waals surface area contributed by atoms with Gasteiger partial charge in [-0.05, 0) is 36.8 Å². The van der Waals surface area contributed by atoms with Gasteiger partial charge in [-0.3, -0.25) is 9.89 Å². The van der Waals surface area contributed by atoms with Crippen LogP contribution in [0.2, 0.25) is 0 Å². The molecule has 3 heterocycles. The van der Waals surface area contributed by atoms with Crippen LogP contribution in [-0.4, -0.2) is 41.5 Å². The number of hydrogen-bond donors (Lipinski definition) is 3. The van der Waals surface area contributed by atoms with E-state index in [9.17, 15) is 0 Å². The lowest BCUT2D eigenvalue weighted by molar-refractivity contribution is 0.129. The summed E-state index contributed by atoms with van der Waals surface area (Å²) < 4.78 is 0. The van der Waals surface area contributed by atoms with Gasteiger partial charge < -0.3 is 16.5 Å². The number of piperidine rings is 1. The quantitative estimate of drug-likeness (QED) is 0.699. The lowest BCUT2D eigenvalue weighted by atomic mass is 9.91. The van der Waals surface area contributed by atoms with Crippen LogP contribution in [0.25, 0.3) is 0 Å². The fourth-order valence-corrected chi connectivity index (χ4v) is 3.22. The Labute approximate surface area is 114 Å². The van der Waals surface area contributed by atoms with Crippen molar-refractivity contribution in [2.75, 3.05) is 13.1 Å². The van der Waals surface area contributed by atoms with E-state index in [1.807, 2.05) is 12.4 Å². The number of nitrogens with two attached hydrogens (primary N) is 2. The van der Waals surface area contributed by atoms with E-state index in [0.29, 0.717) is 12.1 Å². The molecule has 104 valence electrons. The highest BCUT2D eigenvalue weighted by atomic mass is 15.2. The largest absolute Gasteiger partial charge is 0.360 e. The lowest BCUT2D eigenvalue weighted by Gasteiger charge is -2.37. The number of rotatable bonds is 3. The van der Waals surface area contributed by atoms with Crippen LogP contribution in [0.1, 0.15) is 30.5 Å². The Balaban J connectivity index is 1.55. The Kier molecular flexibility index (Phi) is 3.68. The van der Waals surface area contributed by atoms with Crippen LogP contribution < -0.4 is 11.5 Å². The topological polar surface area (TPSA) is 83.4 Å². The predicted molar refractivity (Wildman–Crippen MR) is 77.0 cm³/mol. The first kappa shape index (κ1) is 12.8. The van der Waals surface area contributed by atoms with E-state index in [2.05, 4.69) is 20.9 Å². The molecule has 5 nitrogen and oxygen atoms in total. The fourth-order valence-electron chi connectivity index (χ4n) is 3.22. The Morgan fingerprint density at radius 3 is 2.89 bits per heavy atom. The Hall–Kier alpha value is -1.17.